The second kappa shape index (κ2) is 6.93. The molecule has 0 amide bonds. The lowest BCUT2D eigenvalue weighted by Crippen LogP contribution is -2.18. The average molecular weight is 276 g/mol. The molecule has 4 heteroatoms. The van der Waals surface area contributed by atoms with E-state index in [0.29, 0.717) is 13.2 Å². The Balaban J connectivity index is 2.33. The van der Waals surface area contributed by atoms with Gasteiger partial charge in [-0.2, -0.15) is 0 Å². The Labute approximate surface area is 98.0 Å². The van der Waals surface area contributed by atoms with E-state index in [1.807, 2.05) is 6.92 Å². The lowest BCUT2D eigenvalue weighted by Gasteiger charge is -2.06. The normalized spacial score (nSPS) is 10.6. The fourth-order valence-electron chi connectivity index (χ4n) is 1.16. The van der Waals surface area contributed by atoms with Crippen LogP contribution in [-0.4, -0.2) is 19.7 Å². The summed E-state index contributed by atoms with van der Waals surface area (Å²) in [6.07, 6.45) is 0. The Morgan fingerprint density at radius 2 is 2.27 bits per heavy atom. The van der Waals surface area contributed by atoms with Crippen molar-refractivity contribution in [3.05, 3.63) is 34.1 Å². The first-order valence-corrected chi connectivity index (χ1v) is 5.75. The van der Waals surface area contributed by atoms with Crippen LogP contribution in [0, 0.1) is 5.82 Å². The lowest BCUT2D eigenvalue weighted by molar-refractivity contribution is 0.122. The number of nitrogens with one attached hydrogen (secondary N) is 1. The fourth-order valence-corrected chi connectivity index (χ4v) is 1.52. The highest BCUT2D eigenvalue weighted by Gasteiger charge is 2.01. The SMILES string of the molecule is CCNCCOCc1cc(F)ccc1Br. The van der Waals surface area contributed by atoms with Gasteiger partial charge in [0.2, 0.25) is 0 Å². The molecule has 0 saturated heterocycles. The van der Waals surface area contributed by atoms with E-state index >= 15 is 0 Å². The topological polar surface area (TPSA) is 21.3 Å². The van der Waals surface area contributed by atoms with E-state index < -0.39 is 0 Å². The van der Waals surface area contributed by atoms with Crippen LogP contribution in [0.25, 0.3) is 0 Å². The van der Waals surface area contributed by atoms with Gasteiger partial charge in [0.25, 0.3) is 0 Å². The van der Waals surface area contributed by atoms with Gasteiger partial charge in [-0.1, -0.05) is 22.9 Å². The molecule has 1 aromatic rings. The molecule has 0 fully saturated rings. The molecule has 0 unspecified atom stereocenters. The molecule has 1 rings (SSSR count). The van der Waals surface area contributed by atoms with Crippen molar-refractivity contribution >= 4 is 15.9 Å². The van der Waals surface area contributed by atoms with Crippen LogP contribution in [0.15, 0.2) is 22.7 Å². The second-order valence-electron chi connectivity index (χ2n) is 3.14. The molecule has 15 heavy (non-hydrogen) atoms. The van der Waals surface area contributed by atoms with Gasteiger partial charge in [0, 0.05) is 11.0 Å². The maximum absolute atomic E-state index is 12.9. The van der Waals surface area contributed by atoms with E-state index in [4.69, 9.17) is 4.74 Å². The third kappa shape index (κ3) is 4.73. The summed E-state index contributed by atoms with van der Waals surface area (Å²) in [6, 6.07) is 4.60. The summed E-state index contributed by atoms with van der Waals surface area (Å²) in [5.41, 5.74) is 0.839. The van der Waals surface area contributed by atoms with Gasteiger partial charge in [-0.15, -0.1) is 0 Å². The smallest absolute Gasteiger partial charge is 0.123 e. The number of hydrogen-bond acceptors (Lipinski definition) is 2. The number of hydrogen-bond donors (Lipinski definition) is 1. The highest BCUT2D eigenvalue weighted by atomic mass is 79.9. The predicted molar refractivity (Wildman–Crippen MR) is 62.3 cm³/mol. The molecule has 0 bridgehead atoms. The van der Waals surface area contributed by atoms with Crippen molar-refractivity contribution in [2.24, 2.45) is 0 Å². The molecule has 0 heterocycles. The summed E-state index contributed by atoms with van der Waals surface area (Å²) >= 11 is 3.35. The number of ether oxygens (including phenoxy) is 1. The first-order valence-electron chi connectivity index (χ1n) is 4.96. The number of halogens is 2. The minimum atomic E-state index is -0.233. The monoisotopic (exact) mass is 275 g/mol. The summed E-state index contributed by atoms with van der Waals surface area (Å²) in [5, 5.41) is 3.15. The van der Waals surface area contributed by atoms with Crippen LogP contribution < -0.4 is 5.32 Å². The molecule has 1 N–H and O–H groups in total. The van der Waals surface area contributed by atoms with Crippen molar-refractivity contribution in [3.8, 4) is 0 Å². The zero-order valence-electron chi connectivity index (χ0n) is 8.72. The minimum absolute atomic E-state index is 0.233. The quantitative estimate of drug-likeness (QED) is 0.807. The van der Waals surface area contributed by atoms with Crippen molar-refractivity contribution in [2.75, 3.05) is 19.7 Å². The van der Waals surface area contributed by atoms with Crippen molar-refractivity contribution < 1.29 is 9.13 Å². The number of rotatable bonds is 6. The standard InChI is InChI=1S/C11H15BrFNO/c1-2-14-5-6-15-8-9-7-10(13)3-4-11(9)12/h3-4,7,14H,2,5-6,8H2,1H3. The minimum Gasteiger partial charge on any atom is -0.375 e. The molecule has 0 spiro atoms. The molecular formula is C11H15BrFNO. The first kappa shape index (κ1) is 12.6. The van der Waals surface area contributed by atoms with Gasteiger partial charge in [-0.3, -0.25) is 0 Å². The van der Waals surface area contributed by atoms with Crippen LogP contribution >= 0.6 is 15.9 Å². The Hall–Kier alpha value is -0.450. The lowest BCUT2D eigenvalue weighted by atomic mass is 10.2. The van der Waals surface area contributed by atoms with E-state index in [9.17, 15) is 4.39 Å². The molecule has 0 aliphatic heterocycles. The van der Waals surface area contributed by atoms with E-state index in [-0.39, 0.29) is 5.82 Å². The summed E-state index contributed by atoms with van der Waals surface area (Å²) < 4.78 is 19.2. The maximum atomic E-state index is 12.9. The number of likely N-dealkylation sites (N-methyl/N-ethyl adjacent to an activating group) is 1. The Bertz CT molecular complexity index is 307. The maximum Gasteiger partial charge on any atom is 0.123 e. The van der Waals surface area contributed by atoms with Crippen LogP contribution in [-0.2, 0) is 11.3 Å². The second-order valence-corrected chi connectivity index (χ2v) is 4.00. The summed E-state index contributed by atoms with van der Waals surface area (Å²) in [5.74, 6) is -0.233. The van der Waals surface area contributed by atoms with E-state index in [2.05, 4.69) is 21.2 Å². The molecule has 0 radical (unpaired) electrons. The Kier molecular flexibility index (Phi) is 5.83. The third-order valence-corrected chi connectivity index (χ3v) is 2.71. The highest BCUT2D eigenvalue weighted by molar-refractivity contribution is 9.10. The molecule has 84 valence electrons. The van der Waals surface area contributed by atoms with Crippen LogP contribution in [0.2, 0.25) is 0 Å². The van der Waals surface area contributed by atoms with Crippen molar-refractivity contribution in [2.45, 2.75) is 13.5 Å². The summed E-state index contributed by atoms with van der Waals surface area (Å²) in [7, 11) is 0. The van der Waals surface area contributed by atoms with E-state index in [0.717, 1.165) is 23.1 Å². The summed E-state index contributed by atoms with van der Waals surface area (Å²) in [6.45, 7) is 4.88. The Morgan fingerprint density at radius 3 is 3.00 bits per heavy atom. The summed E-state index contributed by atoms with van der Waals surface area (Å²) in [4.78, 5) is 0. The van der Waals surface area contributed by atoms with Crippen molar-refractivity contribution in [3.63, 3.8) is 0 Å². The first-order chi connectivity index (χ1) is 7.24. The van der Waals surface area contributed by atoms with Crippen LogP contribution in [0.5, 0.6) is 0 Å². The van der Waals surface area contributed by atoms with E-state index in [1.54, 1.807) is 6.07 Å². The number of benzene rings is 1. The van der Waals surface area contributed by atoms with Crippen LogP contribution in [0.1, 0.15) is 12.5 Å². The molecule has 0 aliphatic rings. The van der Waals surface area contributed by atoms with Gasteiger partial charge in [0.1, 0.15) is 5.82 Å². The van der Waals surface area contributed by atoms with Gasteiger partial charge < -0.3 is 10.1 Å². The van der Waals surface area contributed by atoms with Crippen LogP contribution in [0.3, 0.4) is 0 Å². The van der Waals surface area contributed by atoms with Gasteiger partial charge in [0.15, 0.2) is 0 Å². The van der Waals surface area contributed by atoms with Gasteiger partial charge >= 0.3 is 0 Å². The third-order valence-electron chi connectivity index (χ3n) is 1.94. The molecule has 0 aliphatic carbocycles. The molecule has 1 aromatic carbocycles. The zero-order valence-corrected chi connectivity index (χ0v) is 10.3. The average Bonchev–Trinajstić information content (AvgIpc) is 2.23. The van der Waals surface area contributed by atoms with Gasteiger partial charge in [0.05, 0.1) is 13.2 Å². The van der Waals surface area contributed by atoms with Gasteiger partial charge in [-0.25, -0.2) is 4.39 Å². The highest BCUT2D eigenvalue weighted by Crippen LogP contribution is 2.18. The molecule has 0 saturated carbocycles. The van der Waals surface area contributed by atoms with Crippen molar-refractivity contribution in [1.82, 2.24) is 5.32 Å². The largest absolute Gasteiger partial charge is 0.375 e. The van der Waals surface area contributed by atoms with Gasteiger partial charge in [-0.05, 0) is 30.3 Å². The molecule has 0 aromatic heterocycles. The molecular weight excluding hydrogens is 261 g/mol. The van der Waals surface area contributed by atoms with E-state index in [1.165, 1.54) is 12.1 Å². The molecule has 2 nitrogen and oxygen atoms in total. The molecule has 0 atom stereocenters. The zero-order chi connectivity index (χ0) is 11.1. The fraction of sp³-hybridized carbons (Fsp3) is 0.455. The van der Waals surface area contributed by atoms with Crippen LogP contribution in [0.4, 0.5) is 4.39 Å². The van der Waals surface area contributed by atoms with Crippen molar-refractivity contribution in [1.29, 1.82) is 0 Å². The predicted octanol–water partition coefficient (Wildman–Crippen LogP) is 2.71. The Morgan fingerprint density at radius 1 is 1.47 bits per heavy atom.